The average Bonchev–Trinajstić information content (AvgIpc) is 3.26. The zero-order valence-electron chi connectivity index (χ0n) is 18.1. The molecule has 34 heavy (non-hydrogen) atoms. The largest absolute Gasteiger partial charge is 0.481 e. The van der Waals surface area contributed by atoms with Crippen LogP contribution in [-0.2, 0) is 16.1 Å². The predicted octanol–water partition coefficient (Wildman–Crippen LogP) is 0.735. The number of hydrogen-bond acceptors (Lipinski definition) is 9. The maximum atomic E-state index is 12.5. The van der Waals surface area contributed by atoms with Crippen molar-refractivity contribution < 1.29 is 29.7 Å². The van der Waals surface area contributed by atoms with Gasteiger partial charge in [-0.05, 0) is 31.0 Å². The van der Waals surface area contributed by atoms with E-state index in [2.05, 4.69) is 20.3 Å². The number of anilines is 1. The minimum atomic E-state index is -1.36. The molecule has 180 valence electrons. The maximum absolute atomic E-state index is 12.5. The van der Waals surface area contributed by atoms with Gasteiger partial charge in [-0.3, -0.25) is 14.4 Å². The molecule has 0 fully saturated rings. The molecule has 1 aromatic carbocycles. The number of aryl methyl sites for hydroxylation is 1. The Bertz CT molecular complexity index is 1270. The molecule has 1 atom stereocenters. The summed E-state index contributed by atoms with van der Waals surface area (Å²) in [6.45, 7) is 2.05. The van der Waals surface area contributed by atoms with Crippen LogP contribution in [0.5, 0.6) is 0 Å². The van der Waals surface area contributed by atoms with Gasteiger partial charge in [0.1, 0.15) is 16.9 Å². The van der Waals surface area contributed by atoms with Gasteiger partial charge in [0.25, 0.3) is 11.5 Å². The maximum Gasteiger partial charge on any atom is 0.326 e. The number of carboxylic acids is 2. The van der Waals surface area contributed by atoms with Crippen LogP contribution >= 0.6 is 11.3 Å². The van der Waals surface area contributed by atoms with Crippen molar-refractivity contribution in [2.75, 3.05) is 18.1 Å². The molecule has 0 aliphatic rings. The van der Waals surface area contributed by atoms with Crippen molar-refractivity contribution in [3.8, 4) is 0 Å². The molecule has 0 unspecified atom stereocenters. The lowest BCUT2D eigenvalue weighted by molar-refractivity contribution is -0.140. The fourth-order valence-corrected chi connectivity index (χ4v) is 4.12. The number of benzene rings is 1. The summed E-state index contributed by atoms with van der Waals surface area (Å²) < 4.78 is 0. The Hall–Kier alpha value is -3.84. The van der Waals surface area contributed by atoms with Gasteiger partial charge in [0.2, 0.25) is 0 Å². The van der Waals surface area contributed by atoms with E-state index in [-0.39, 0.29) is 30.1 Å². The van der Waals surface area contributed by atoms with E-state index in [4.69, 9.17) is 5.11 Å². The standard InChI is InChI=1S/C21H23N5O7S/c1-11-23-14-3-2-12(8-13(14)18(30)24-11)10-26(6-7-27)16-9-22-20(34-16)19(31)25-15(21(32)33)4-5-17(28)29/h2-3,8-9,15,27H,4-7,10H2,1H3,(H,25,31)(H,28,29)(H,32,33)(H,23,24,30)/t15-/m1/s1. The van der Waals surface area contributed by atoms with Crippen LogP contribution in [0.4, 0.5) is 5.00 Å². The third kappa shape index (κ3) is 6.14. The van der Waals surface area contributed by atoms with Crippen molar-refractivity contribution in [3.63, 3.8) is 0 Å². The van der Waals surface area contributed by atoms with E-state index < -0.39 is 30.3 Å². The Balaban J connectivity index is 1.77. The van der Waals surface area contributed by atoms with Gasteiger partial charge in [-0.25, -0.2) is 14.8 Å². The number of fused-ring (bicyclic) bond motifs is 1. The zero-order valence-corrected chi connectivity index (χ0v) is 19.0. The lowest BCUT2D eigenvalue weighted by Gasteiger charge is -2.21. The third-order valence-electron chi connectivity index (χ3n) is 4.88. The van der Waals surface area contributed by atoms with Gasteiger partial charge in [-0.1, -0.05) is 17.4 Å². The highest BCUT2D eigenvalue weighted by atomic mass is 32.1. The van der Waals surface area contributed by atoms with Crippen molar-refractivity contribution in [1.82, 2.24) is 20.3 Å². The van der Waals surface area contributed by atoms with Gasteiger partial charge < -0.3 is 30.5 Å². The lowest BCUT2D eigenvalue weighted by Crippen LogP contribution is -2.41. The van der Waals surface area contributed by atoms with Crippen LogP contribution in [0.25, 0.3) is 10.9 Å². The Morgan fingerprint density at radius 1 is 1.26 bits per heavy atom. The number of aromatic nitrogens is 3. The topological polar surface area (TPSA) is 186 Å². The van der Waals surface area contributed by atoms with E-state index in [0.29, 0.717) is 28.3 Å². The average molecular weight is 490 g/mol. The summed E-state index contributed by atoms with van der Waals surface area (Å²) in [4.78, 5) is 59.6. The monoisotopic (exact) mass is 489 g/mol. The second-order valence-electron chi connectivity index (χ2n) is 7.45. The van der Waals surface area contributed by atoms with Crippen molar-refractivity contribution in [1.29, 1.82) is 0 Å². The third-order valence-corrected chi connectivity index (χ3v) is 5.94. The number of thiazole rings is 1. The molecule has 0 bridgehead atoms. The van der Waals surface area contributed by atoms with Crippen LogP contribution in [0.2, 0.25) is 0 Å². The minimum absolute atomic E-state index is 0.00542. The summed E-state index contributed by atoms with van der Waals surface area (Å²) in [6.07, 6.45) is 0.760. The molecule has 0 aliphatic heterocycles. The van der Waals surface area contributed by atoms with Crippen molar-refractivity contribution in [3.05, 3.63) is 51.1 Å². The lowest BCUT2D eigenvalue weighted by atomic mass is 10.1. The van der Waals surface area contributed by atoms with Crippen LogP contribution < -0.4 is 15.8 Å². The van der Waals surface area contributed by atoms with Gasteiger partial charge in [-0.15, -0.1) is 0 Å². The Morgan fingerprint density at radius 3 is 2.71 bits per heavy atom. The van der Waals surface area contributed by atoms with Gasteiger partial charge in [0.05, 0.1) is 23.7 Å². The second kappa shape index (κ2) is 10.9. The number of H-pyrrole nitrogens is 1. The highest BCUT2D eigenvalue weighted by Crippen LogP contribution is 2.26. The first-order valence-corrected chi connectivity index (χ1v) is 11.1. The number of carbonyl (C=O) groups excluding carboxylic acids is 1. The molecule has 3 aromatic rings. The smallest absolute Gasteiger partial charge is 0.326 e. The van der Waals surface area contributed by atoms with Gasteiger partial charge in [0.15, 0.2) is 5.01 Å². The van der Waals surface area contributed by atoms with E-state index >= 15 is 0 Å². The number of rotatable bonds is 11. The molecule has 2 aromatic heterocycles. The van der Waals surface area contributed by atoms with E-state index in [1.807, 2.05) is 6.07 Å². The molecule has 0 saturated heterocycles. The first kappa shape index (κ1) is 24.8. The second-order valence-corrected chi connectivity index (χ2v) is 8.46. The van der Waals surface area contributed by atoms with Crippen LogP contribution in [-0.4, -0.2) is 67.3 Å². The first-order chi connectivity index (χ1) is 16.2. The van der Waals surface area contributed by atoms with Crippen LogP contribution in [0.15, 0.2) is 29.2 Å². The molecule has 0 aliphatic carbocycles. The van der Waals surface area contributed by atoms with Gasteiger partial charge in [-0.2, -0.15) is 0 Å². The Labute approximate surface area is 196 Å². The number of aliphatic carboxylic acids is 2. The molecule has 13 heteroatoms. The molecule has 1 amide bonds. The van der Waals surface area contributed by atoms with Crippen LogP contribution in [0.3, 0.4) is 0 Å². The van der Waals surface area contributed by atoms with E-state index in [1.165, 1.54) is 6.20 Å². The molecule has 3 rings (SSSR count). The Kier molecular flexibility index (Phi) is 7.91. The SMILES string of the molecule is Cc1nc2ccc(CN(CCO)c3cnc(C(=O)N[C@H](CCC(=O)O)C(=O)O)s3)cc2c(=O)[nH]1. The number of aromatic amines is 1. The molecule has 12 nitrogen and oxygen atoms in total. The van der Waals surface area contributed by atoms with Crippen molar-refractivity contribution >= 4 is 45.1 Å². The molecule has 0 spiro atoms. The molecule has 0 saturated carbocycles. The van der Waals surface area contributed by atoms with E-state index in [0.717, 1.165) is 16.9 Å². The number of nitrogens with zero attached hydrogens (tertiary/aromatic N) is 3. The summed E-state index contributed by atoms with van der Waals surface area (Å²) in [7, 11) is 0. The predicted molar refractivity (Wildman–Crippen MR) is 123 cm³/mol. The van der Waals surface area contributed by atoms with Crippen LogP contribution in [0.1, 0.15) is 34.0 Å². The molecule has 2 heterocycles. The zero-order chi connectivity index (χ0) is 24.8. The Morgan fingerprint density at radius 2 is 2.03 bits per heavy atom. The first-order valence-electron chi connectivity index (χ1n) is 10.2. The number of aliphatic hydroxyl groups is 1. The van der Waals surface area contributed by atoms with Gasteiger partial charge in [0, 0.05) is 19.5 Å². The number of carbonyl (C=O) groups is 3. The number of hydrogen-bond donors (Lipinski definition) is 5. The van der Waals surface area contributed by atoms with Gasteiger partial charge >= 0.3 is 11.9 Å². The van der Waals surface area contributed by atoms with E-state index in [9.17, 15) is 29.4 Å². The highest BCUT2D eigenvalue weighted by Gasteiger charge is 2.24. The molecule has 5 N–H and O–H groups in total. The normalized spacial score (nSPS) is 11.8. The summed E-state index contributed by atoms with van der Waals surface area (Å²) >= 11 is 0.997. The van der Waals surface area contributed by atoms with E-state index in [1.54, 1.807) is 24.0 Å². The van der Waals surface area contributed by atoms with Crippen LogP contribution in [0, 0.1) is 6.92 Å². The fraction of sp³-hybridized carbons (Fsp3) is 0.333. The number of amides is 1. The number of nitrogens with one attached hydrogen (secondary N) is 2. The summed E-state index contributed by atoms with van der Waals surface area (Å²) in [5, 5.41) is 30.7. The summed E-state index contributed by atoms with van der Waals surface area (Å²) in [6, 6.07) is 3.89. The van der Waals surface area contributed by atoms with Crippen molar-refractivity contribution in [2.45, 2.75) is 32.4 Å². The molecular formula is C21H23N5O7S. The summed E-state index contributed by atoms with van der Waals surface area (Å²) in [5.74, 6) is -2.74. The highest BCUT2D eigenvalue weighted by molar-refractivity contribution is 7.17. The minimum Gasteiger partial charge on any atom is -0.481 e. The molecule has 0 radical (unpaired) electrons. The quantitative estimate of drug-likeness (QED) is 0.257. The summed E-state index contributed by atoms with van der Waals surface area (Å²) in [5.41, 5.74) is 1.08. The number of aliphatic hydroxyl groups excluding tert-OH is 1. The number of carboxylic acid groups (broad SMARTS) is 2. The molecular weight excluding hydrogens is 466 g/mol. The van der Waals surface area contributed by atoms with Crippen molar-refractivity contribution in [2.24, 2.45) is 0 Å². The fourth-order valence-electron chi connectivity index (χ4n) is 3.27.